The van der Waals surface area contributed by atoms with E-state index in [0.717, 1.165) is 5.56 Å². The van der Waals surface area contributed by atoms with Gasteiger partial charge in [-0.1, -0.05) is 17.7 Å². The van der Waals surface area contributed by atoms with Gasteiger partial charge in [0.1, 0.15) is 0 Å². The number of carbonyl (C=O) groups is 1. The molecule has 1 atom stereocenters. The first-order chi connectivity index (χ1) is 16.6. The zero-order valence-corrected chi connectivity index (χ0v) is 20.6. The molecule has 0 aliphatic carbocycles. The zero-order valence-electron chi connectivity index (χ0n) is 19.0. The van der Waals surface area contributed by atoms with Crippen molar-refractivity contribution in [3.05, 3.63) is 72.6 Å². The lowest BCUT2D eigenvalue weighted by Gasteiger charge is -2.31. The fourth-order valence-electron chi connectivity index (χ4n) is 3.73. The number of benzene rings is 2. The molecule has 3 aromatic rings. The minimum Gasteiger partial charge on any atom is -0.326 e. The Balaban J connectivity index is 1.41. The summed E-state index contributed by atoms with van der Waals surface area (Å²) in [6.45, 7) is 2.31. The van der Waals surface area contributed by atoms with Crippen molar-refractivity contribution in [1.29, 1.82) is 0 Å². The summed E-state index contributed by atoms with van der Waals surface area (Å²) in [6, 6.07) is 13.9. The van der Waals surface area contributed by atoms with E-state index in [-0.39, 0.29) is 28.2 Å². The number of aryl methyl sites for hydroxylation is 1. The second kappa shape index (κ2) is 10.1. The topological polar surface area (TPSA) is 138 Å². The first-order valence-electron chi connectivity index (χ1n) is 10.9. The van der Waals surface area contributed by atoms with Crippen LogP contribution in [-0.4, -0.2) is 50.1 Å². The number of carbonyl (C=O) groups excluding carboxylic acids is 1. The number of aromatic nitrogens is 2. The third-order valence-corrected chi connectivity index (χ3v) is 8.86. The minimum atomic E-state index is -3.89. The molecule has 0 radical (unpaired) electrons. The highest BCUT2D eigenvalue weighted by molar-refractivity contribution is 7.92. The fraction of sp³-hybridized carbons (Fsp3) is 0.261. The van der Waals surface area contributed by atoms with E-state index in [1.165, 1.54) is 41.0 Å². The van der Waals surface area contributed by atoms with E-state index >= 15 is 0 Å². The van der Waals surface area contributed by atoms with Crippen molar-refractivity contribution in [3.63, 3.8) is 0 Å². The molecule has 12 heteroatoms. The lowest BCUT2D eigenvalue weighted by atomic mass is 9.99. The Kier molecular flexibility index (Phi) is 7.15. The number of piperidine rings is 1. The molecule has 0 bridgehead atoms. The summed E-state index contributed by atoms with van der Waals surface area (Å²) in [4.78, 5) is 20.7. The average Bonchev–Trinajstić information content (AvgIpc) is 2.85. The molecule has 184 valence electrons. The Bertz CT molecular complexity index is 1390. The summed E-state index contributed by atoms with van der Waals surface area (Å²) in [5, 5.41) is 2.76. The molecular weight excluding hydrogens is 490 g/mol. The van der Waals surface area contributed by atoms with Crippen molar-refractivity contribution in [2.24, 2.45) is 5.92 Å². The van der Waals surface area contributed by atoms with Crippen molar-refractivity contribution < 1.29 is 21.6 Å². The van der Waals surface area contributed by atoms with Crippen LogP contribution in [0.1, 0.15) is 18.4 Å². The molecule has 35 heavy (non-hydrogen) atoms. The largest absolute Gasteiger partial charge is 0.326 e. The van der Waals surface area contributed by atoms with Gasteiger partial charge in [0.15, 0.2) is 0 Å². The smallest absolute Gasteiger partial charge is 0.264 e. The van der Waals surface area contributed by atoms with E-state index in [4.69, 9.17) is 0 Å². The van der Waals surface area contributed by atoms with E-state index in [0.29, 0.717) is 25.1 Å². The molecule has 1 fully saturated rings. The summed E-state index contributed by atoms with van der Waals surface area (Å²) in [5.41, 5.74) is 1.37. The maximum Gasteiger partial charge on any atom is 0.264 e. The first-order valence-corrected chi connectivity index (χ1v) is 13.8. The quantitative estimate of drug-likeness (QED) is 0.493. The molecule has 4 rings (SSSR count). The Morgan fingerprint density at radius 3 is 2.23 bits per heavy atom. The number of rotatable bonds is 7. The van der Waals surface area contributed by atoms with E-state index in [9.17, 15) is 21.6 Å². The molecule has 1 aliphatic rings. The molecule has 1 saturated heterocycles. The highest BCUT2D eigenvalue weighted by Gasteiger charge is 2.33. The van der Waals surface area contributed by atoms with E-state index in [1.807, 2.05) is 6.92 Å². The van der Waals surface area contributed by atoms with Gasteiger partial charge in [0.25, 0.3) is 10.0 Å². The van der Waals surface area contributed by atoms with Crippen molar-refractivity contribution >= 4 is 37.6 Å². The molecule has 2 N–H and O–H groups in total. The van der Waals surface area contributed by atoms with Crippen LogP contribution < -0.4 is 10.0 Å². The SMILES string of the molecule is Cc1ccc(S(=O)(=O)N2CCC[C@@H](C(=O)Nc3ccc(S(=O)(=O)Nc4ncccn4)cc3)C2)cc1. The Labute approximate surface area is 204 Å². The van der Waals surface area contributed by atoms with Crippen LogP contribution in [-0.2, 0) is 24.8 Å². The molecule has 2 aromatic carbocycles. The van der Waals surface area contributed by atoms with Crippen LogP contribution in [0, 0.1) is 12.8 Å². The molecule has 0 unspecified atom stereocenters. The van der Waals surface area contributed by atoms with Gasteiger partial charge in [0.2, 0.25) is 21.9 Å². The van der Waals surface area contributed by atoms with Gasteiger partial charge in [-0.2, -0.15) is 4.31 Å². The van der Waals surface area contributed by atoms with Crippen LogP contribution in [0.4, 0.5) is 11.6 Å². The molecule has 1 aromatic heterocycles. The first kappa shape index (κ1) is 24.8. The van der Waals surface area contributed by atoms with Gasteiger partial charge >= 0.3 is 0 Å². The maximum absolute atomic E-state index is 13.0. The minimum absolute atomic E-state index is 0.0176. The number of hydrogen-bond acceptors (Lipinski definition) is 7. The predicted octanol–water partition coefficient (Wildman–Crippen LogP) is 2.63. The van der Waals surface area contributed by atoms with Gasteiger partial charge < -0.3 is 5.32 Å². The molecule has 2 heterocycles. The predicted molar refractivity (Wildman–Crippen MR) is 131 cm³/mol. The van der Waals surface area contributed by atoms with Crippen LogP contribution in [0.15, 0.2) is 76.8 Å². The Morgan fingerprint density at radius 2 is 1.57 bits per heavy atom. The highest BCUT2D eigenvalue weighted by atomic mass is 32.2. The Morgan fingerprint density at radius 1 is 0.943 bits per heavy atom. The van der Waals surface area contributed by atoms with Gasteiger partial charge in [-0.05, 0) is 62.2 Å². The van der Waals surface area contributed by atoms with Gasteiger partial charge in [-0.25, -0.2) is 31.5 Å². The van der Waals surface area contributed by atoms with Crippen LogP contribution in [0.25, 0.3) is 0 Å². The number of amides is 1. The van der Waals surface area contributed by atoms with E-state index in [1.54, 1.807) is 30.3 Å². The summed E-state index contributed by atoms with van der Waals surface area (Å²) in [5.74, 6) is -0.892. The van der Waals surface area contributed by atoms with E-state index < -0.39 is 26.0 Å². The van der Waals surface area contributed by atoms with Gasteiger partial charge in [0, 0.05) is 31.2 Å². The van der Waals surface area contributed by atoms with Crippen molar-refractivity contribution in [2.75, 3.05) is 23.1 Å². The molecule has 0 saturated carbocycles. The lowest BCUT2D eigenvalue weighted by molar-refractivity contribution is -0.120. The van der Waals surface area contributed by atoms with Crippen molar-refractivity contribution in [2.45, 2.75) is 29.6 Å². The fourth-order valence-corrected chi connectivity index (χ4v) is 6.21. The number of nitrogens with zero attached hydrogens (tertiary/aromatic N) is 3. The summed E-state index contributed by atoms with van der Waals surface area (Å²) in [6.07, 6.45) is 3.95. The average molecular weight is 516 g/mol. The van der Waals surface area contributed by atoms with Crippen LogP contribution in [0.2, 0.25) is 0 Å². The number of nitrogens with one attached hydrogen (secondary N) is 2. The molecule has 1 amide bonds. The maximum atomic E-state index is 13.0. The normalized spacial score (nSPS) is 17.0. The second-order valence-corrected chi connectivity index (χ2v) is 11.8. The van der Waals surface area contributed by atoms with Gasteiger partial charge in [-0.3, -0.25) is 4.79 Å². The van der Waals surface area contributed by atoms with Gasteiger partial charge in [0.05, 0.1) is 15.7 Å². The molecule has 10 nitrogen and oxygen atoms in total. The van der Waals surface area contributed by atoms with Crippen LogP contribution >= 0.6 is 0 Å². The highest BCUT2D eigenvalue weighted by Crippen LogP contribution is 2.25. The molecule has 0 spiro atoms. The van der Waals surface area contributed by atoms with Crippen molar-refractivity contribution in [1.82, 2.24) is 14.3 Å². The standard InChI is InChI=1S/C23H25N5O5S2/c1-17-5-9-21(10-6-17)35(32,33)28-15-2-4-18(16-28)22(29)26-19-7-11-20(12-8-19)34(30,31)27-23-24-13-3-14-25-23/h3,5-14,18H,2,4,15-16H2,1H3,(H,26,29)(H,24,25,27)/t18-/m1/s1. The summed E-state index contributed by atoms with van der Waals surface area (Å²) in [7, 11) is -7.59. The molecule has 1 aliphatic heterocycles. The van der Waals surface area contributed by atoms with E-state index in [2.05, 4.69) is 20.0 Å². The van der Waals surface area contributed by atoms with Crippen LogP contribution in [0.5, 0.6) is 0 Å². The number of hydrogen-bond donors (Lipinski definition) is 2. The van der Waals surface area contributed by atoms with Crippen LogP contribution in [0.3, 0.4) is 0 Å². The lowest BCUT2D eigenvalue weighted by Crippen LogP contribution is -2.43. The number of sulfonamides is 2. The zero-order chi connectivity index (χ0) is 25.1. The Hall–Kier alpha value is -3.35. The third kappa shape index (κ3) is 5.84. The monoisotopic (exact) mass is 515 g/mol. The second-order valence-electron chi connectivity index (χ2n) is 8.21. The third-order valence-electron chi connectivity index (χ3n) is 5.64. The summed E-state index contributed by atoms with van der Waals surface area (Å²) >= 11 is 0. The number of anilines is 2. The molecular formula is C23H25N5O5S2. The van der Waals surface area contributed by atoms with Gasteiger partial charge in [-0.15, -0.1) is 0 Å². The van der Waals surface area contributed by atoms with Crippen molar-refractivity contribution in [3.8, 4) is 0 Å². The summed E-state index contributed by atoms with van der Waals surface area (Å²) < 4.78 is 54.7.